The van der Waals surface area contributed by atoms with Crippen LogP contribution in [0.3, 0.4) is 0 Å². The van der Waals surface area contributed by atoms with Crippen LogP contribution in [0, 0.1) is 0 Å². The van der Waals surface area contributed by atoms with E-state index in [9.17, 15) is 24.1 Å². The normalized spacial score (nSPS) is 22.4. The number of rotatable bonds is 15. The molecule has 42 heavy (non-hydrogen) atoms. The Labute approximate surface area is 241 Å². The average molecular weight is 616 g/mol. The first-order valence-electron chi connectivity index (χ1n) is 13.8. The molecule has 15 nitrogen and oxygen atoms in total. The number of nitrogens with two attached hydrogens (primary N) is 1. The topological polar surface area (TPSA) is 213 Å². The van der Waals surface area contributed by atoms with Gasteiger partial charge >= 0.3 is 11.9 Å². The van der Waals surface area contributed by atoms with Crippen molar-refractivity contribution in [2.75, 3.05) is 18.9 Å². The number of H-pyrrole nitrogens is 1. The van der Waals surface area contributed by atoms with Crippen molar-refractivity contribution in [1.29, 1.82) is 0 Å². The zero-order chi connectivity index (χ0) is 31.0. The molecule has 0 saturated carbocycles. The zero-order valence-corrected chi connectivity index (χ0v) is 24.9. The number of alkyl halides is 1. The van der Waals surface area contributed by atoms with Crippen molar-refractivity contribution < 1.29 is 37.9 Å². The molecule has 17 heteroatoms. The minimum atomic E-state index is -3.95. The summed E-state index contributed by atoms with van der Waals surface area (Å²) >= 11 is 0. The molecule has 0 radical (unpaired) electrons. The molecule has 1 fully saturated rings. The van der Waals surface area contributed by atoms with Crippen molar-refractivity contribution >= 4 is 36.5 Å². The largest absolute Gasteiger partial charge is 0.465 e. The zero-order valence-electron chi connectivity index (χ0n) is 24.0. The first-order chi connectivity index (χ1) is 19.9. The third-order valence-electron chi connectivity index (χ3n) is 6.40. The molecule has 0 spiro atoms. The number of anilines is 1. The smallest absolute Gasteiger partial charge is 0.323 e. The van der Waals surface area contributed by atoms with Gasteiger partial charge in [-0.05, 0) is 32.8 Å². The van der Waals surface area contributed by atoms with Gasteiger partial charge in [-0.3, -0.25) is 28.5 Å². The molecular formula is C25H39FN7O8P. The van der Waals surface area contributed by atoms with Gasteiger partial charge in [-0.25, -0.2) is 19.5 Å². The van der Waals surface area contributed by atoms with Crippen LogP contribution >= 0.6 is 7.44 Å². The van der Waals surface area contributed by atoms with Gasteiger partial charge in [-0.2, -0.15) is 4.98 Å². The van der Waals surface area contributed by atoms with Gasteiger partial charge in [-0.15, -0.1) is 0 Å². The summed E-state index contributed by atoms with van der Waals surface area (Å²) in [6, 6.07) is -2.13. The van der Waals surface area contributed by atoms with E-state index >= 15 is 4.39 Å². The first kappa shape index (κ1) is 33.3. The average Bonchev–Trinajstić information content (AvgIpc) is 3.48. The fourth-order valence-electron chi connectivity index (χ4n) is 4.07. The molecule has 2 aromatic heterocycles. The van der Waals surface area contributed by atoms with Crippen LogP contribution in [0.1, 0.15) is 59.6 Å². The number of ether oxygens (including phenoxy) is 3. The third kappa shape index (κ3) is 8.22. The van der Waals surface area contributed by atoms with Gasteiger partial charge in [0.2, 0.25) is 13.4 Å². The van der Waals surface area contributed by atoms with Crippen molar-refractivity contribution in [3.05, 3.63) is 28.6 Å². The summed E-state index contributed by atoms with van der Waals surface area (Å²) in [4.78, 5) is 47.3. The van der Waals surface area contributed by atoms with Crippen molar-refractivity contribution in [1.82, 2.24) is 29.7 Å². The van der Waals surface area contributed by atoms with Gasteiger partial charge in [0.25, 0.3) is 5.56 Å². The van der Waals surface area contributed by atoms with E-state index in [1.54, 1.807) is 0 Å². The Kier molecular flexibility index (Phi) is 11.8. The molecular weight excluding hydrogens is 576 g/mol. The number of nitrogens with zero attached hydrogens (tertiary/aromatic N) is 3. The van der Waals surface area contributed by atoms with Crippen LogP contribution < -0.4 is 21.5 Å². The van der Waals surface area contributed by atoms with Gasteiger partial charge < -0.3 is 25.1 Å². The van der Waals surface area contributed by atoms with E-state index in [4.69, 9.17) is 19.9 Å². The SMILES string of the molecule is CCCCOC(=O)[C@H](C)NP(=O)(/C=C/[C@H]1O[C@@H](n2cnc3c(=O)[nH]c(N)nc32)[C@H](O)[C@@H]1F)N[C@@H](C)C(=O)OCCCC. The molecule has 0 aliphatic carbocycles. The maximum absolute atomic E-state index is 15.2. The van der Waals surface area contributed by atoms with E-state index < -0.39 is 61.6 Å². The molecule has 1 aliphatic rings. The third-order valence-corrected chi connectivity index (χ3v) is 8.54. The number of hydrogen-bond donors (Lipinski definition) is 5. The van der Waals surface area contributed by atoms with Crippen LogP contribution in [0.15, 0.2) is 23.0 Å². The molecule has 3 heterocycles. The number of aromatic nitrogens is 4. The predicted molar refractivity (Wildman–Crippen MR) is 151 cm³/mol. The van der Waals surface area contributed by atoms with Crippen LogP contribution in [0.2, 0.25) is 0 Å². The molecule has 0 bridgehead atoms. The number of imidazole rings is 1. The van der Waals surface area contributed by atoms with Gasteiger partial charge in [0.1, 0.15) is 24.3 Å². The summed E-state index contributed by atoms with van der Waals surface area (Å²) in [5.41, 5.74) is 4.87. The second-order valence-corrected chi connectivity index (χ2v) is 12.1. The lowest BCUT2D eigenvalue weighted by Crippen LogP contribution is -2.41. The Morgan fingerprint density at radius 2 is 1.79 bits per heavy atom. The number of halogens is 1. The van der Waals surface area contributed by atoms with Crippen LogP contribution in [0.4, 0.5) is 10.3 Å². The number of hydrogen-bond acceptors (Lipinski definition) is 11. The van der Waals surface area contributed by atoms with Crippen LogP contribution in [-0.2, 0) is 28.4 Å². The van der Waals surface area contributed by atoms with E-state index in [1.807, 2.05) is 13.8 Å². The number of aromatic amines is 1. The summed E-state index contributed by atoms with van der Waals surface area (Å²) in [5, 5.41) is 15.9. The Hall–Kier alpha value is -3.17. The minimum absolute atomic E-state index is 0.0306. The molecule has 1 saturated heterocycles. The van der Waals surface area contributed by atoms with Crippen LogP contribution in [0.5, 0.6) is 0 Å². The Balaban J connectivity index is 1.82. The number of fused-ring (bicyclic) bond motifs is 1. The standard InChI is InChI=1S/C25H39FN7O8P/c1-5-7-10-39-23(36)14(3)31-42(38,32-15(4)24(37)40-11-8-6-2)12-9-16-17(26)19(34)22(41-16)33-13-28-18-20(33)29-25(27)30-21(18)35/h9,12-17,19,22,34H,5-8,10-11H2,1-4H3,(H2,31,32,38)(H3,27,29,30,35)/b12-9+/t14-,15-,16+,17+,19+,22+/m0/s1. The maximum atomic E-state index is 15.2. The van der Waals surface area contributed by atoms with E-state index in [0.29, 0.717) is 12.8 Å². The molecule has 6 N–H and O–H groups in total. The van der Waals surface area contributed by atoms with Gasteiger partial charge in [-0.1, -0.05) is 26.7 Å². The fourth-order valence-corrected chi connectivity index (χ4v) is 6.09. The lowest BCUT2D eigenvalue weighted by Gasteiger charge is -2.24. The number of aliphatic hydroxyl groups is 1. The number of carbonyl (C=O) groups is 2. The highest BCUT2D eigenvalue weighted by molar-refractivity contribution is 7.63. The quantitative estimate of drug-likeness (QED) is 0.110. The summed E-state index contributed by atoms with van der Waals surface area (Å²) in [7, 11) is -3.95. The summed E-state index contributed by atoms with van der Waals surface area (Å²) in [6.45, 7) is 7.12. The first-order valence-corrected chi connectivity index (χ1v) is 15.6. The number of nitrogen functional groups attached to an aromatic ring is 1. The van der Waals surface area contributed by atoms with Crippen molar-refractivity contribution in [2.45, 2.75) is 90.1 Å². The van der Waals surface area contributed by atoms with Gasteiger partial charge in [0.05, 0.1) is 19.5 Å². The van der Waals surface area contributed by atoms with Crippen LogP contribution in [-0.4, -0.2) is 80.2 Å². The number of esters is 2. The fraction of sp³-hybridized carbons (Fsp3) is 0.640. The summed E-state index contributed by atoms with van der Waals surface area (Å²) < 4.78 is 46.5. The highest BCUT2D eigenvalue weighted by atomic mass is 31.2. The minimum Gasteiger partial charge on any atom is -0.465 e. The second kappa shape index (κ2) is 14.8. The number of carbonyl (C=O) groups excluding carboxylic acids is 2. The highest BCUT2D eigenvalue weighted by Crippen LogP contribution is 2.41. The number of aliphatic hydroxyl groups excluding tert-OH is 1. The van der Waals surface area contributed by atoms with Gasteiger partial charge in [0.15, 0.2) is 23.6 Å². The van der Waals surface area contributed by atoms with Gasteiger partial charge in [0, 0.05) is 5.82 Å². The highest BCUT2D eigenvalue weighted by Gasteiger charge is 2.45. The van der Waals surface area contributed by atoms with Crippen LogP contribution in [0.25, 0.3) is 11.2 Å². The molecule has 0 amide bonds. The van der Waals surface area contributed by atoms with E-state index in [1.165, 1.54) is 18.4 Å². The molecule has 3 rings (SSSR count). The Bertz CT molecular complexity index is 1330. The lowest BCUT2D eigenvalue weighted by atomic mass is 10.1. The van der Waals surface area contributed by atoms with E-state index in [-0.39, 0.29) is 30.3 Å². The molecule has 0 aromatic carbocycles. The Morgan fingerprint density at radius 1 is 1.21 bits per heavy atom. The van der Waals surface area contributed by atoms with E-state index in [0.717, 1.165) is 31.1 Å². The molecule has 6 atom stereocenters. The Morgan fingerprint density at radius 3 is 2.33 bits per heavy atom. The van der Waals surface area contributed by atoms with Crippen molar-refractivity contribution in [3.63, 3.8) is 0 Å². The van der Waals surface area contributed by atoms with Crippen molar-refractivity contribution in [3.8, 4) is 0 Å². The molecule has 1 aliphatic heterocycles. The summed E-state index contributed by atoms with van der Waals surface area (Å²) in [6.07, 6.45) is -1.30. The second-order valence-electron chi connectivity index (χ2n) is 9.94. The summed E-state index contributed by atoms with van der Waals surface area (Å²) in [5.74, 6) is -0.473. The number of unbranched alkanes of at least 4 members (excludes halogenated alkanes) is 2. The van der Waals surface area contributed by atoms with Crippen molar-refractivity contribution in [2.24, 2.45) is 0 Å². The lowest BCUT2D eigenvalue weighted by molar-refractivity contribution is -0.145. The maximum Gasteiger partial charge on any atom is 0.323 e. The monoisotopic (exact) mass is 615 g/mol. The molecule has 234 valence electrons. The molecule has 2 aromatic rings. The number of nitrogens with one attached hydrogen (secondary N) is 3. The molecule has 0 unspecified atom stereocenters. The predicted octanol–water partition coefficient (Wildman–Crippen LogP) is 1.65. The van der Waals surface area contributed by atoms with E-state index in [2.05, 4.69) is 25.1 Å².